The Morgan fingerprint density at radius 1 is 0.968 bits per heavy atom. The van der Waals surface area contributed by atoms with Gasteiger partial charge in [-0.2, -0.15) is 0 Å². The highest BCUT2D eigenvalue weighted by molar-refractivity contribution is 7.85. The standard InChI is InChI=1S/C25H28N2O3S/c1-17-15-19(26(3)4)11-13-21(17)25(22-14-12-20(27(5)6)16-18(22)2)23-9-7-8-10-24(23)31(28,29)30/h7-16H,1-6H3. The molecule has 2 aromatic carbocycles. The zero-order valence-electron chi connectivity index (χ0n) is 18.8. The summed E-state index contributed by atoms with van der Waals surface area (Å²) in [5, 5.41) is 0. The average Bonchev–Trinajstić information content (AvgIpc) is 2.69. The molecular weight excluding hydrogens is 408 g/mol. The highest BCUT2D eigenvalue weighted by Gasteiger charge is 2.22. The number of aryl methyl sites for hydroxylation is 1. The third-order valence-electron chi connectivity index (χ3n) is 5.42. The molecule has 0 N–H and O–H groups in total. The van der Waals surface area contributed by atoms with E-state index in [1.165, 1.54) is 6.07 Å². The zero-order chi connectivity index (χ0) is 22.9. The molecule has 0 spiro atoms. The van der Waals surface area contributed by atoms with Crippen molar-refractivity contribution >= 4 is 27.1 Å². The minimum Gasteiger partial charge on any atom is -0.744 e. The van der Waals surface area contributed by atoms with Crippen molar-refractivity contribution < 1.29 is 17.5 Å². The van der Waals surface area contributed by atoms with Crippen molar-refractivity contribution in [2.24, 2.45) is 0 Å². The Morgan fingerprint density at radius 3 is 2.19 bits per heavy atom. The number of benzene rings is 2. The van der Waals surface area contributed by atoms with Crippen molar-refractivity contribution in [3.8, 4) is 0 Å². The predicted molar refractivity (Wildman–Crippen MR) is 126 cm³/mol. The molecule has 1 aliphatic rings. The van der Waals surface area contributed by atoms with Crippen LogP contribution >= 0.6 is 0 Å². The lowest BCUT2D eigenvalue weighted by Crippen LogP contribution is -2.13. The van der Waals surface area contributed by atoms with Gasteiger partial charge in [0.1, 0.15) is 24.2 Å². The number of allylic oxidation sites excluding steroid dienone is 5. The second kappa shape index (κ2) is 8.65. The minimum absolute atomic E-state index is 0.211. The third kappa shape index (κ3) is 4.70. The number of rotatable bonds is 4. The Hall–Kier alpha value is -2.96. The normalized spacial score (nSPS) is 15.6. The molecule has 1 aliphatic carbocycles. The molecule has 2 aromatic rings. The SMILES string of the molecule is CC1=CC(=[N+](C)C)C=CC1=C(c1ccc(N(C)C)cc1C)c1ccccc1S(=O)(=O)[O-]. The first-order chi connectivity index (χ1) is 14.5. The summed E-state index contributed by atoms with van der Waals surface area (Å²) in [5.41, 5.74) is 7.02. The van der Waals surface area contributed by atoms with Crippen molar-refractivity contribution in [1.82, 2.24) is 0 Å². The van der Waals surface area contributed by atoms with E-state index in [-0.39, 0.29) is 4.90 Å². The molecule has 0 saturated carbocycles. The molecule has 0 atom stereocenters. The summed E-state index contributed by atoms with van der Waals surface area (Å²) in [4.78, 5) is 1.81. The van der Waals surface area contributed by atoms with Gasteiger partial charge < -0.3 is 9.45 Å². The van der Waals surface area contributed by atoms with Crippen LogP contribution in [0.25, 0.3) is 5.57 Å². The van der Waals surface area contributed by atoms with Gasteiger partial charge in [0.15, 0.2) is 5.71 Å². The molecule has 0 unspecified atom stereocenters. The van der Waals surface area contributed by atoms with E-state index in [9.17, 15) is 13.0 Å². The van der Waals surface area contributed by atoms with Crippen LogP contribution in [0.4, 0.5) is 5.69 Å². The maximum absolute atomic E-state index is 12.1. The quantitative estimate of drug-likeness (QED) is 0.537. The maximum Gasteiger partial charge on any atom is 0.199 e. The highest BCUT2D eigenvalue weighted by Crippen LogP contribution is 2.38. The first-order valence-corrected chi connectivity index (χ1v) is 11.4. The summed E-state index contributed by atoms with van der Waals surface area (Å²) >= 11 is 0. The lowest BCUT2D eigenvalue weighted by atomic mass is 9.85. The van der Waals surface area contributed by atoms with E-state index in [2.05, 4.69) is 12.1 Å². The van der Waals surface area contributed by atoms with Crippen molar-refractivity contribution in [2.75, 3.05) is 33.1 Å². The first-order valence-electron chi connectivity index (χ1n) is 9.99. The van der Waals surface area contributed by atoms with Crippen LogP contribution < -0.4 is 4.90 Å². The van der Waals surface area contributed by atoms with Crippen molar-refractivity contribution in [1.29, 1.82) is 0 Å². The van der Waals surface area contributed by atoms with Crippen LogP contribution in [0.3, 0.4) is 0 Å². The largest absolute Gasteiger partial charge is 0.744 e. The molecule has 31 heavy (non-hydrogen) atoms. The molecule has 162 valence electrons. The maximum atomic E-state index is 12.1. The van der Waals surface area contributed by atoms with Gasteiger partial charge in [0.2, 0.25) is 0 Å². The van der Waals surface area contributed by atoms with E-state index < -0.39 is 10.1 Å². The summed E-state index contributed by atoms with van der Waals surface area (Å²) < 4.78 is 38.3. The Kier molecular flexibility index (Phi) is 6.34. The van der Waals surface area contributed by atoms with E-state index in [4.69, 9.17) is 0 Å². The fourth-order valence-electron chi connectivity index (χ4n) is 3.74. The van der Waals surface area contributed by atoms with Crippen LogP contribution in [0.15, 0.2) is 76.7 Å². The van der Waals surface area contributed by atoms with Gasteiger partial charge in [0, 0.05) is 37.5 Å². The zero-order valence-corrected chi connectivity index (χ0v) is 19.6. The Bertz CT molecular complexity index is 1260. The molecule has 0 saturated heterocycles. The average molecular weight is 437 g/mol. The van der Waals surface area contributed by atoms with Gasteiger partial charge in [-0.05, 0) is 66.0 Å². The summed E-state index contributed by atoms with van der Waals surface area (Å²) in [7, 11) is 3.25. The number of hydrogen-bond donors (Lipinski definition) is 0. The molecule has 0 heterocycles. The Morgan fingerprint density at radius 2 is 1.65 bits per heavy atom. The van der Waals surface area contributed by atoms with Crippen LogP contribution in [0.1, 0.15) is 23.6 Å². The van der Waals surface area contributed by atoms with Gasteiger partial charge >= 0.3 is 0 Å². The molecule has 5 nitrogen and oxygen atoms in total. The summed E-state index contributed by atoms with van der Waals surface area (Å²) in [5.74, 6) is 0. The second-order valence-corrected chi connectivity index (χ2v) is 9.46. The molecular formula is C25H28N2O3S. The van der Waals surface area contributed by atoms with Crippen LogP contribution in [0.2, 0.25) is 0 Å². The fraction of sp³-hybridized carbons (Fsp3) is 0.240. The monoisotopic (exact) mass is 436 g/mol. The number of anilines is 1. The van der Waals surface area contributed by atoms with Gasteiger partial charge in [-0.3, -0.25) is 0 Å². The first kappa shape index (κ1) is 22.7. The lowest BCUT2D eigenvalue weighted by Gasteiger charge is -2.23. The third-order valence-corrected chi connectivity index (χ3v) is 6.31. The molecule has 0 bridgehead atoms. The van der Waals surface area contributed by atoms with Crippen LogP contribution in [0, 0.1) is 6.92 Å². The van der Waals surface area contributed by atoms with E-state index >= 15 is 0 Å². The van der Waals surface area contributed by atoms with E-state index in [0.29, 0.717) is 5.56 Å². The molecule has 0 aliphatic heterocycles. The van der Waals surface area contributed by atoms with E-state index in [1.54, 1.807) is 18.2 Å². The molecule has 0 radical (unpaired) electrons. The lowest BCUT2D eigenvalue weighted by molar-refractivity contribution is -0.462. The van der Waals surface area contributed by atoms with Gasteiger partial charge in [0.25, 0.3) is 0 Å². The molecule has 3 rings (SSSR count). The summed E-state index contributed by atoms with van der Waals surface area (Å²) in [6.07, 6.45) is 6.06. The van der Waals surface area contributed by atoms with Crippen LogP contribution in [-0.2, 0) is 10.1 Å². The van der Waals surface area contributed by atoms with Gasteiger partial charge in [0.05, 0.1) is 4.90 Å². The van der Waals surface area contributed by atoms with Crippen molar-refractivity contribution in [3.63, 3.8) is 0 Å². The van der Waals surface area contributed by atoms with Gasteiger partial charge in [-0.25, -0.2) is 13.0 Å². The predicted octanol–water partition coefficient (Wildman–Crippen LogP) is 4.00. The molecule has 0 aromatic heterocycles. The van der Waals surface area contributed by atoms with Crippen molar-refractivity contribution in [3.05, 3.63) is 88.5 Å². The molecule has 6 heteroatoms. The topological polar surface area (TPSA) is 63.5 Å². The fourth-order valence-corrected chi connectivity index (χ4v) is 4.42. The van der Waals surface area contributed by atoms with Gasteiger partial charge in [-0.1, -0.05) is 24.3 Å². The number of hydrogen-bond acceptors (Lipinski definition) is 4. The number of nitrogens with zero attached hydrogens (tertiary/aromatic N) is 2. The Labute approximate surface area is 185 Å². The molecule has 0 amide bonds. The molecule has 0 fully saturated rings. The Balaban J connectivity index is 2.41. The second-order valence-electron chi connectivity index (χ2n) is 8.11. The minimum atomic E-state index is -4.65. The van der Waals surface area contributed by atoms with Crippen LogP contribution in [-0.4, -0.2) is 51.4 Å². The van der Waals surface area contributed by atoms with E-state index in [0.717, 1.165) is 39.2 Å². The van der Waals surface area contributed by atoms with E-state index in [1.807, 2.05) is 75.8 Å². The van der Waals surface area contributed by atoms with Crippen molar-refractivity contribution in [2.45, 2.75) is 18.7 Å². The summed E-state index contributed by atoms with van der Waals surface area (Å²) in [6.45, 7) is 4.00. The highest BCUT2D eigenvalue weighted by atomic mass is 32.2. The summed E-state index contributed by atoms with van der Waals surface area (Å²) in [6, 6.07) is 12.5. The van der Waals surface area contributed by atoms with Crippen LogP contribution in [0.5, 0.6) is 0 Å². The van der Waals surface area contributed by atoms with Gasteiger partial charge in [-0.15, -0.1) is 0 Å². The smallest absolute Gasteiger partial charge is 0.199 e.